The van der Waals surface area contributed by atoms with Crippen LogP contribution in [0, 0.1) is 0 Å². The Hall–Kier alpha value is -4.35. The molecule has 3 heterocycles. The Kier molecular flexibility index (Phi) is 7.18. The summed E-state index contributed by atoms with van der Waals surface area (Å²) in [6.45, 7) is 0.575. The van der Waals surface area contributed by atoms with Gasteiger partial charge in [0.2, 0.25) is 0 Å². The van der Waals surface area contributed by atoms with Gasteiger partial charge in [0.25, 0.3) is 11.8 Å². The third-order valence-corrected chi connectivity index (χ3v) is 5.97. The predicted octanol–water partition coefficient (Wildman–Crippen LogP) is 3.06. The zero-order valence-electron chi connectivity index (χ0n) is 19.7. The van der Waals surface area contributed by atoms with E-state index in [-0.39, 0.29) is 18.4 Å². The molecule has 0 fully saturated rings. The molecule has 2 aliphatic heterocycles. The normalized spacial score (nSPS) is 17.1. The van der Waals surface area contributed by atoms with E-state index in [1.807, 2.05) is 54.6 Å². The third kappa shape index (κ3) is 5.57. The first-order valence-electron chi connectivity index (χ1n) is 11.3. The molecule has 0 saturated heterocycles. The van der Waals surface area contributed by atoms with Gasteiger partial charge >= 0.3 is 12.1 Å². The fourth-order valence-electron chi connectivity index (χ4n) is 4.12. The number of imidazole rings is 1. The number of fused-ring (bicyclic) bond motifs is 2. The van der Waals surface area contributed by atoms with Crippen LogP contribution < -0.4 is 9.64 Å². The number of hydrogen-bond acceptors (Lipinski definition) is 5. The minimum absolute atomic E-state index is 0.128. The van der Waals surface area contributed by atoms with Crippen LogP contribution in [0.5, 0.6) is 5.75 Å². The number of carboxylic acids is 1. The van der Waals surface area contributed by atoms with Crippen molar-refractivity contribution in [3.05, 3.63) is 77.4 Å². The molecule has 0 aliphatic carbocycles. The second-order valence-corrected chi connectivity index (χ2v) is 8.42. The molecule has 0 radical (unpaired) electrons. The summed E-state index contributed by atoms with van der Waals surface area (Å²) >= 11 is 0. The number of aromatic amines is 1. The van der Waals surface area contributed by atoms with Gasteiger partial charge in [-0.1, -0.05) is 42.5 Å². The highest BCUT2D eigenvalue weighted by atomic mass is 19.4. The number of rotatable bonds is 3. The van der Waals surface area contributed by atoms with Crippen molar-refractivity contribution in [3.63, 3.8) is 0 Å². The molecule has 0 saturated carbocycles. The molecule has 194 valence electrons. The van der Waals surface area contributed by atoms with E-state index in [4.69, 9.17) is 14.6 Å². The van der Waals surface area contributed by atoms with Crippen LogP contribution in [0.25, 0.3) is 0 Å². The third-order valence-electron chi connectivity index (χ3n) is 5.97. The van der Waals surface area contributed by atoms with Crippen molar-refractivity contribution in [1.29, 1.82) is 0 Å². The Morgan fingerprint density at radius 3 is 2.46 bits per heavy atom. The largest absolute Gasteiger partial charge is 0.490 e. The topological polar surface area (TPSA) is 116 Å². The molecule has 0 spiro atoms. The van der Waals surface area contributed by atoms with E-state index >= 15 is 0 Å². The quantitative estimate of drug-likeness (QED) is 0.553. The van der Waals surface area contributed by atoms with Crippen molar-refractivity contribution in [1.82, 2.24) is 14.9 Å². The molecule has 2 amide bonds. The lowest BCUT2D eigenvalue weighted by Gasteiger charge is -2.33. The fraction of sp³-hybridized carbons (Fsp3) is 0.280. The average Bonchev–Trinajstić information content (AvgIpc) is 3.23. The maximum absolute atomic E-state index is 13.2. The molecule has 2 N–H and O–H groups in total. The maximum Gasteiger partial charge on any atom is 0.490 e. The van der Waals surface area contributed by atoms with Gasteiger partial charge in [0.15, 0.2) is 0 Å². The maximum atomic E-state index is 13.2. The molecule has 2 aliphatic rings. The number of amides is 2. The lowest BCUT2D eigenvalue weighted by Crippen LogP contribution is -2.54. The first-order valence-corrected chi connectivity index (χ1v) is 11.3. The molecule has 0 bridgehead atoms. The number of likely N-dealkylation sites (N-methyl/N-ethyl adjacent to an activating group) is 1. The molecule has 1 aromatic heterocycles. The monoisotopic (exact) mass is 516 g/mol. The molecule has 3 aromatic rings. The lowest BCUT2D eigenvalue weighted by molar-refractivity contribution is -0.192. The van der Waals surface area contributed by atoms with Crippen molar-refractivity contribution in [2.45, 2.75) is 25.1 Å². The van der Waals surface area contributed by atoms with E-state index in [1.54, 1.807) is 16.8 Å². The zero-order chi connectivity index (χ0) is 26.7. The molecule has 0 unspecified atom stereocenters. The van der Waals surface area contributed by atoms with Gasteiger partial charge in [-0.2, -0.15) is 13.2 Å². The summed E-state index contributed by atoms with van der Waals surface area (Å²) in [5.41, 5.74) is 3.07. The van der Waals surface area contributed by atoms with Gasteiger partial charge in [-0.3, -0.25) is 9.59 Å². The van der Waals surface area contributed by atoms with Gasteiger partial charge in [0, 0.05) is 32.1 Å². The molecule has 1 atom stereocenters. The van der Waals surface area contributed by atoms with E-state index in [0.29, 0.717) is 36.5 Å². The van der Waals surface area contributed by atoms with Crippen molar-refractivity contribution in [3.8, 4) is 5.75 Å². The molecular formula is C25H23F3N4O5. The summed E-state index contributed by atoms with van der Waals surface area (Å²) in [7, 11) is 1.72. The Morgan fingerprint density at radius 2 is 1.78 bits per heavy atom. The Bertz CT molecular complexity index is 1310. The van der Waals surface area contributed by atoms with Crippen LogP contribution in [-0.2, 0) is 22.4 Å². The molecular weight excluding hydrogens is 493 g/mol. The number of carbonyl (C=O) groups excluding carboxylic acids is 2. The number of benzene rings is 2. The van der Waals surface area contributed by atoms with Crippen LogP contribution in [0.15, 0.2) is 54.6 Å². The highest BCUT2D eigenvalue weighted by Crippen LogP contribution is 2.32. The van der Waals surface area contributed by atoms with Crippen molar-refractivity contribution >= 4 is 23.5 Å². The van der Waals surface area contributed by atoms with Crippen LogP contribution in [0.3, 0.4) is 0 Å². The minimum atomic E-state index is -5.08. The summed E-state index contributed by atoms with van der Waals surface area (Å²) in [5.74, 6) is -1.74. The fourth-order valence-corrected chi connectivity index (χ4v) is 4.12. The summed E-state index contributed by atoms with van der Waals surface area (Å²) < 4.78 is 37.6. The molecule has 2 aromatic carbocycles. The zero-order valence-corrected chi connectivity index (χ0v) is 19.7. The number of carboxylic acid groups (broad SMARTS) is 1. The van der Waals surface area contributed by atoms with Gasteiger partial charge in [-0.15, -0.1) is 0 Å². The second kappa shape index (κ2) is 10.3. The van der Waals surface area contributed by atoms with Crippen molar-refractivity contribution in [2.75, 3.05) is 25.1 Å². The SMILES string of the molecule is CN1C(=O)[C@@H](N2CCc3[nH]c(Cc4ccccc4)nc3C2=O)COc2ccccc21.O=C(O)C(F)(F)F. The summed E-state index contributed by atoms with van der Waals surface area (Å²) in [6, 6.07) is 16.7. The number of nitrogens with zero attached hydrogens (tertiary/aromatic N) is 3. The lowest BCUT2D eigenvalue weighted by atomic mass is 10.1. The van der Waals surface area contributed by atoms with E-state index in [0.717, 1.165) is 17.1 Å². The number of H-pyrrole nitrogens is 1. The highest BCUT2D eigenvalue weighted by Gasteiger charge is 2.40. The summed E-state index contributed by atoms with van der Waals surface area (Å²) in [4.78, 5) is 46.3. The van der Waals surface area contributed by atoms with E-state index in [9.17, 15) is 22.8 Å². The van der Waals surface area contributed by atoms with Crippen LogP contribution >= 0.6 is 0 Å². The number of halogens is 3. The summed E-state index contributed by atoms with van der Waals surface area (Å²) in [5, 5.41) is 7.12. The van der Waals surface area contributed by atoms with E-state index in [2.05, 4.69) is 9.97 Å². The number of carbonyl (C=O) groups is 3. The first-order chi connectivity index (χ1) is 17.6. The Labute approximate surface area is 209 Å². The number of hydrogen-bond donors (Lipinski definition) is 2. The number of aromatic nitrogens is 2. The van der Waals surface area contributed by atoms with E-state index < -0.39 is 18.2 Å². The number of ether oxygens (including phenoxy) is 1. The molecule has 9 nitrogen and oxygen atoms in total. The summed E-state index contributed by atoms with van der Waals surface area (Å²) in [6.07, 6.45) is -3.83. The average molecular weight is 516 g/mol. The molecule has 12 heteroatoms. The van der Waals surface area contributed by atoms with Gasteiger partial charge in [-0.05, 0) is 17.7 Å². The minimum Gasteiger partial charge on any atom is -0.489 e. The Balaban J connectivity index is 0.000000405. The first kappa shape index (κ1) is 25.7. The van der Waals surface area contributed by atoms with Gasteiger partial charge in [-0.25, -0.2) is 9.78 Å². The standard InChI is InChI=1S/C23H22N4O3.C2HF3O2/c1-26-17-9-5-6-10-19(17)30-14-18(22(26)28)27-12-11-16-21(23(27)29)25-20(24-16)13-15-7-3-2-4-8-15;3-2(4,5)1(6)7/h2-10,18H,11-14H2,1H3,(H,24,25);(H,6,7)/t18-;/m0./s1. The van der Waals surface area contributed by atoms with Crippen LogP contribution in [-0.4, -0.2) is 70.2 Å². The number of anilines is 1. The second-order valence-electron chi connectivity index (χ2n) is 8.42. The van der Waals surface area contributed by atoms with E-state index in [1.165, 1.54) is 0 Å². The molecule has 37 heavy (non-hydrogen) atoms. The highest BCUT2D eigenvalue weighted by molar-refractivity contribution is 6.03. The Morgan fingerprint density at radius 1 is 1.14 bits per heavy atom. The van der Waals surface area contributed by atoms with Gasteiger partial charge < -0.3 is 24.6 Å². The number of nitrogens with one attached hydrogen (secondary N) is 1. The van der Waals surface area contributed by atoms with Crippen molar-refractivity contribution in [2.24, 2.45) is 0 Å². The van der Waals surface area contributed by atoms with Crippen molar-refractivity contribution < 1.29 is 37.4 Å². The van der Waals surface area contributed by atoms with Crippen LogP contribution in [0.2, 0.25) is 0 Å². The number of alkyl halides is 3. The molecule has 5 rings (SSSR count). The number of para-hydroxylation sites is 2. The van der Waals surface area contributed by atoms with Gasteiger partial charge in [0.05, 0.1) is 5.69 Å². The van der Waals surface area contributed by atoms with Gasteiger partial charge in [0.1, 0.15) is 29.9 Å². The number of aliphatic carboxylic acids is 1. The van der Waals surface area contributed by atoms with Crippen LogP contribution in [0.4, 0.5) is 18.9 Å². The predicted molar refractivity (Wildman–Crippen MR) is 125 cm³/mol. The van der Waals surface area contributed by atoms with Crippen LogP contribution in [0.1, 0.15) is 27.6 Å². The smallest absolute Gasteiger partial charge is 0.489 e.